The smallest absolute Gasteiger partial charge is 0.406 e. The van der Waals surface area contributed by atoms with Crippen LogP contribution < -0.4 is 15.4 Å². The van der Waals surface area contributed by atoms with Crippen molar-refractivity contribution in [2.24, 2.45) is 0 Å². The van der Waals surface area contributed by atoms with Crippen molar-refractivity contribution in [2.45, 2.75) is 32.3 Å². The summed E-state index contributed by atoms with van der Waals surface area (Å²) in [5.41, 5.74) is 1.55. The van der Waals surface area contributed by atoms with E-state index in [0.29, 0.717) is 27.7 Å². The number of amides is 1. The number of ether oxygens (including phenoxy) is 1. The van der Waals surface area contributed by atoms with Gasteiger partial charge in [-0.05, 0) is 36.4 Å². The summed E-state index contributed by atoms with van der Waals surface area (Å²) in [6.45, 7) is 1.85. The first-order chi connectivity index (χ1) is 15.1. The van der Waals surface area contributed by atoms with Gasteiger partial charge in [0.05, 0.1) is 6.04 Å². The number of alkyl halides is 3. The van der Waals surface area contributed by atoms with Crippen LogP contribution in [0.4, 0.5) is 17.6 Å². The summed E-state index contributed by atoms with van der Waals surface area (Å²) in [4.78, 5) is 11.7. The molecular weight excluding hydrogens is 448 g/mol. The fraction of sp³-hybridized carbons (Fsp3) is 0.286. The quantitative estimate of drug-likeness (QED) is 0.480. The summed E-state index contributed by atoms with van der Waals surface area (Å²) in [5, 5.41) is 14.5. The van der Waals surface area contributed by atoms with Gasteiger partial charge in [0, 0.05) is 25.5 Å². The summed E-state index contributed by atoms with van der Waals surface area (Å²) in [6.07, 6.45) is -4.68. The molecule has 0 aliphatic heterocycles. The molecule has 2 aromatic carbocycles. The summed E-state index contributed by atoms with van der Waals surface area (Å²) in [6, 6.07) is 9.57. The molecule has 0 spiro atoms. The first-order valence-electron chi connectivity index (χ1n) is 9.53. The van der Waals surface area contributed by atoms with Gasteiger partial charge in [0.25, 0.3) is 0 Å². The van der Waals surface area contributed by atoms with Gasteiger partial charge in [-0.1, -0.05) is 35.6 Å². The average molecular weight is 468 g/mol. The number of nitrogens with zero attached hydrogens (tertiary/aromatic N) is 2. The van der Waals surface area contributed by atoms with Crippen LogP contribution in [0.3, 0.4) is 0 Å². The molecule has 1 amide bonds. The zero-order valence-corrected chi connectivity index (χ0v) is 18.0. The first kappa shape index (κ1) is 23.6. The molecule has 1 aromatic heterocycles. The number of carbonyl (C=O) groups excluding carboxylic acids is 1. The van der Waals surface area contributed by atoms with Gasteiger partial charge in [-0.2, -0.15) is 0 Å². The van der Waals surface area contributed by atoms with Gasteiger partial charge in [0.2, 0.25) is 5.91 Å². The van der Waals surface area contributed by atoms with E-state index in [-0.39, 0.29) is 18.1 Å². The topological polar surface area (TPSA) is 76.1 Å². The van der Waals surface area contributed by atoms with Crippen molar-refractivity contribution in [3.8, 4) is 16.3 Å². The van der Waals surface area contributed by atoms with Gasteiger partial charge in [0.15, 0.2) is 0 Å². The highest BCUT2D eigenvalue weighted by atomic mass is 32.1. The largest absolute Gasteiger partial charge is 0.573 e. The predicted molar refractivity (Wildman–Crippen MR) is 111 cm³/mol. The molecule has 3 rings (SSSR count). The molecule has 0 aliphatic carbocycles. The van der Waals surface area contributed by atoms with Crippen LogP contribution in [0.1, 0.15) is 29.1 Å². The Morgan fingerprint density at radius 1 is 1.19 bits per heavy atom. The van der Waals surface area contributed by atoms with Crippen LogP contribution in [0, 0.1) is 5.82 Å². The number of hydrogen-bond donors (Lipinski definition) is 2. The lowest BCUT2D eigenvalue weighted by Crippen LogP contribution is -2.28. The molecule has 11 heteroatoms. The third-order valence-corrected chi connectivity index (χ3v) is 5.44. The second kappa shape index (κ2) is 10.0. The minimum absolute atomic E-state index is 0.136. The van der Waals surface area contributed by atoms with Gasteiger partial charge in [-0.15, -0.1) is 23.4 Å². The highest BCUT2D eigenvalue weighted by Gasteiger charge is 2.31. The number of hydrogen-bond acceptors (Lipinski definition) is 6. The van der Waals surface area contributed by atoms with Crippen molar-refractivity contribution >= 4 is 17.2 Å². The van der Waals surface area contributed by atoms with E-state index in [2.05, 4.69) is 25.6 Å². The fourth-order valence-electron chi connectivity index (χ4n) is 3.05. The van der Waals surface area contributed by atoms with Gasteiger partial charge in [0.1, 0.15) is 21.6 Å². The average Bonchev–Trinajstić information content (AvgIpc) is 3.18. The molecule has 2 N–H and O–H groups in total. The highest BCUT2D eigenvalue weighted by molar-refractivity contribution is 7.14. The molecule has 6 nitrogen and oxygen atoms in total. The third-order valence-electron chi connectivity index (χ3n) is 4.35. The van der Waals surface area contributed by atoms with Crippen LogP contribution in [-0.4, -0.2) is 29.5 Å². The monoisotopic (exact) mass is 468 g/mol. The lowest BCUT2D eigenvalue weighted by Gasteiger charge is -2.16. The summed E-state index contributed by atoms with van der Waals surface area (Å²) in [5.74, 6) is -1.12. The Balaban J connectivity index is 1.85. The normalized spacial score (nSPS) is 12.4. The van der Waals surface area contributed by atoms with E-state index in [9.17, 15) is 22.4 Å². The lowest BCUT2D eigenvalue weighted by molar-refractivity contribution is -0.274. The van der Waals surface area contributed by atoms with E-state index in [1.165, 1.54) is 31.2 Å². The Kier molecular flexibility index (Phi) is 7.41. The molecule has 0 aliphatic rings. The summed E-state index contributed by atoms with van der Waals surface area (Å²) >= 11 is 1.09. The van der Waals surface area contributed by atoms with Crippen molar-refractivity contribution in [1.82, 2.24) is 20.8 Å². The summed E-state index contributed by atoms with van der Waals surface area (Å²) in [7, 11) is 1.76. The second-order valence-electron chi connectivity index (χ2n) is 6.93. The SMILES string of the molecule is CNCc1ccc(CC(NC(C)=O)c2nnc(-c3cccc(OC(F)(F)F)c3)s2)c(F)c1. The van der Waals surface area contributed by atoms with Gasteiger partial charge in [-0.25, -0.2) is 4.39 Å². The number of nitrogens with one attached hydrogen (secondary N) is 2. The van der Waals surface area contributed by atoms with Crippen molar-refractivity contribution in [2.75, 3.05) is 7.05 Å². The van der Waals surface area contributed by atoms with Crippen molar-refractivity contribution in [3.63, 3.8) is 0 Å². The van der Waals surface area contributed by atoms with Crippen LogP contribution in [0.5, 0.6) is 5.75 Å². The minimum Gasteiger partial charge on any atom is -0.406 e. The molecular formula is C21H20F4N4O2S. The Morgan fingerprint density at radius 2 is 1.97 bits per heavy atom. The van der Waals surface area contributed by atoms with E-state index >= 15 is 0 Å². The first-order valence-corrected chi connectivity index (χ1v) is 10.3. The molecule has 1 unspecified atom stereocenters. The van der Waals surface area contributed by atoms with E-state index in [4.69, 9.17) is 0 Å². The van der Waals surface area contributed by atoms with Crippen LogP contribution in [0.15, 0.2) is 42.5 Å². The Hall–Kier alpha value is -3.05. The van der Waals surface area contributed by atoms with E-state index in [1.54, 1.807) is 25.2 Å². The van der Waals surface area contributed by atoms with Crippen molar-refractivity contribution in [3.05, 3.63) is 64.4 Å². The van der Waals surface area contributed by atoms with E-state index in [0.717, 1.165) is 16.9 Å². The molecule has 0 radical (unpaired) electrons. The summed E-state index contributed by atoms with van der Waals surface area (Å²) < 4.78 is 56.0. The lowest BCUT2D eigenvalue weighted by atomic mass is 10.0. The van der Waals surface area contributed by atoms with Gasteiger partial charge in [-0.3, -0.25) is 4.79 Å². The standard InChI is InChI=1S/C21H20F4N4O2S/c1-12(30)27-18(10-14-7-6-13(11-26-2)8-17(14)22)20-29-28-19(32-20)15-4-3-5-16(9-15)31-21(23,24)25/h3-9,18,26H,10-11H2,1-2H3,(H,27,30). The Morgan fingerprint density at radius 3 is 2.62 bits per heavy atom. The van der Waals surface area contributed by atoms with Crippen molar-refractivity contribution in [1.29, 1.82) is 0 Å². The Bertz CT molecular complexity index is 1090. The van der Waals surface area contributed by atoms with E-state index < -0.39 is 18.2 Å². The molecule has 0 bridgehead atoms. The van der Waals surface area contributed by atoms with Gasteiger partial charge < -0.3 is 15.4 Å². The molecule has 1 atom stereocenters. The molecule has 1 heterocycles. The number of halogens is 4. The van der Waals surface area contributed by atoms with Crippen LogP contribution >= 0.6 is 11.3 Å². The fourth-order valence-corrected chi connectivity index (χ4v) is 3.94. The van der Waals surface area contributed by atoms with Gasteiger partial charge >= 0.3 is 6.36 Å². The zero-order valence-electron chi connectivity index (χ0n) is 17.2. The van der Waals surface area contributed by atoms with E-state index in [1.807, 2.05) is 0 Å². The molecule has 0 fully saturated rings. The molecule has 0 saturated carbocycles. The van der Waals surface area contributed by atoms with Crippen LogP contribution in [0.25, 0.3) is 10.6 Å². The van der Waals surface area contributed by atoms with Crippen molar-refractivity contribution < 1.29 is 27.1 Å². The minimum atomic E-state index is -4.81. The Labute approximate surface area is 185 Å². The maximum absolute atomic E-state index is 14.6. The molecule has 3 aromatic rings. The third kappa shape index (κ3) is 6.47. The molecule has 170 valence electrons. The molecule has 32 heavy (non-hydrogen) atoms. The number of rotatable bonds is 8. The maximum atomic E-state index is 14.6. The number of benzene rings is 2. The number of carbonyl (C=O) groups is 1. The van der Waals surface area contributed by atoms with Crippen LogP contribution in [-0.2, 0) is 17.8 Å². The number of aromatic nitrogens is 2. The zero-order chi connectivity index (χ0) is 23.3. The maximum Gasteiger partial charge on any atom is 0.573 e. The second-order valence-corrected chi connectivity index (χ2v) is 7.94. The highest BCUT2D eigenvalue weighted by Crippen LogP contribution is 2.32. The molecule has 0 saturated heterocycles. The predicted octanol–water partition coefficient (Wildman–Crippen LogP) is 4.38. The van der Waals surface area contributed by atoms with Crippen LogP contribution in [0.2, 0.25) is 0 Å².